The molecule has 3 aromatic rings. The Kier molecular flexibility index (Phi) is 6.09. The van der Waals surface area contributed by atoms with Crippen LogP contribution in [-0.4, -0.2) is 27.4 Å². The molecule has 0 radical (unpaired) electrons. The van der Waals surface area contributed by atoms with Crippen molar-refractivity contribution in [1.29, 1.82) is 0 Å². The van der Waals surface area contributed by atoms with Crippen molar-refractivity contribution in [2.45, 2.75) is 31.1 Å². The van der Waals surface area contributed by atoms with Crippen LogP contribution < -0.4 is 9.62 Å². The van der Waals surface area contributed by atoms with Crippen molar-refractivity contribution < 1.29 is 13.2 Å². The second-order valence-electron chi connectivity index (χ2n) is 7.65. The number of sulfonamides is 1. The molecule has 0 unspecified atom stereocenters. The Morgan fingerprint density at radius 1 is 0.903 bits per heavy atom. The number of hydrogen-bond donors (Lipinski definition) is 1. The van der Waals surface area contributed by atoms with Gasteiger partial charge in [0.15, 0.2) is 0 Å². The summed E-state index contributed by atoms with van der Waals surface area (Å²) in [6.07, 6.45) is 2.50. The lowest BCUT2D eigenvalue weighted by Crippen LogP contribution is -2.42. The van der Waals surface area contributed by atoms with E-state index in [0.717, 1.165) is 30.4 Å². The van der Waals surface area contributed by atoms with Gasteiger partial charge in [0.1, 0.15) is 6.54 Å². The Hall–Kier alpha value is -3.12. The third-order valence-corrected chi connectivity index (χ3v) is 7.40. The first-order valence-corrected chi connectivity index (χ1v) is 12.0. The molecule has 160 valence electrons. The van der Waals surface area contributed by atoms with Gasteiger partial charge in [-0.05, 0) is 48.6 Å². The van der Waals surface area contributed by atoms with Gasteiger partial charge in [0.2, 0.25) is 5.91 Å². The standard InChI is InChI=1S/C25H26N2O3S/c1-2-19-14-15-23-22(17-19)21-12-6-7-13-24(21)31(29,30)27(23)18-25(28)26-16-8-11-20-9-4-3-5-10-20/h3-7,9-10,12-15,17H,2,8,11,16,18H2,1H3,(H,26,28). The normalized spacial score (nSPS) is 13.9. The van der Waals surface area contributed by atoms with Crippen LogP contribution in [0.15, 0.2) is 77.7 Å². The lowest BCUT2D eigenvalue weighted by Gasteiger charge is -2.32. The van der Waals surface area contributed by atoms with E-state index in [1.807, 2.05) is 48.5 Å². The fourth-order valence-electron chi connectivity index (χ4n) is 3.92. The lowest BCUT2D eigenvalue weighted by atomic mass is 9.99. The summed E-state index contributed by atoms with van der Waals surface area (Å²) in [6, 6.07) is 22.8. The summed E-state index contributed by atoms with van der Waals surface area (Å²) in [6.45, 7) is 2.33. The highest BCUT2D eigenvalue weighted by molar-refractivity contribution is 7.93. The van der Waals surface area contributed by atoms with Crippen LogP contribution in [0.4, 0.5) is 5.69 Å². The van der Waals surface area contributed by atoms with Crippen LogP contribution in [0, 0.1) is 0 Å². The molecule has 6 heteroatoms. The zero-order chi connectivity index (χ0) is 21.8. The van der Waals surface area contributed by atoms with Crippen molar-refractivity contribution in [3.05, 3.63) is 83.9 Å². The van der Waals surface area contributed by atoms with Crippen LogP contribution in [0.5, 0.6) is 0 Å². The minimum Gasteiger partial charge on any atom is -0.355 e. The quantitative estimate of drug-likeness (QED) is 0.568. The zero-order valence-electron chi connectivity index (χ0n) is 17.5. The molecule has 1 aliphatic rings. The topological polar surface area (TPSA) is 66.5 Å². The first-order valence-electron chi connectivity index (χ1n) is 10.6. The number of carbonyl (C=O) groups excluding carboxylic acids is 1. The number of fused-ring (bicyclic) bond motifs is 3. The summed E-state index contributed by atoms with van der Waals surface area (Å²) in [4.78, 5) is 12.9. The number of amides is 1. The molecular formula is C25H26N2O3S. The fraction of sp³-hybridized carbons (Fsp3) is 0.240. The molecule has 5 nitrogen and oxygen atoms in total. The second-order valence-corrected chi connectivity index (χ2v) is 9.48. The third kappa shape index (κ3) is 4.35. The maximum Gasteiger partial charge on any atom is 0.265 e. The Morgan fingerprint density at radius 2 is 1.65 bits per heavy atom. The molecule has 0 saturated heterocycles. The maximum atomic E-state index is 13.3. The van der Waals surface area contributed by atoms with E-state index < -0.39 is 10.0 Å². The smallest absolute Gasteiger partial charge is 0.265 e. The van der Waals surface area contributed by atoms with E-state index in [2.05, 4.69) is 24.4 Å². The van der Waals surface area contributed by atoms with Crippen molar-refractivity contribution in [3.63, 3.8) is 0 Å². The van der Waals surface area contributed by atoms with Gasteiger partial charge >= 0.3 is 0 Å². The average molecular weight is 435 g/mol. The molecule has 3 aromatic carbocycles. The minimum atomic E-state index is -3.81. The largest absolute Gasteiger partial charge is 0.355 e. The van der Waals surface area contributed by atoms with E-state index in [1.165, 1.54) is 9.87 Å². The third-order valence-electron chi connectivity index (χ3n) is 5.58. The van der Waals surface area contributed by atoms with Gasteiger partial charge in [-0.2, -0.15) is 0 Å². The summed E-state index contributed by atoms with van der Waals surface area (Å²) in [5.74, 6) is -0.304. The van der Waals surface area contributed by atoms with Crippen LogP contribution >= 0.6 is 0 Å². The Labute approximate surface area is 183 Å². The molecule has 0 aliphatic carbocycles. The monoisotopic (exact) mass is 434 g/mol. The summed E-state index contributed by atoms with van der Waals surface area (Å²) in [5, 5.41) is 2.87. The van der Waals surface area contributed by atoms with Crippen molar-refractivity contribution >= 4 is 21.6 Å². The molecular weight excluding hydrogens is 408 g/mol. The predicted molar refractivity (Wildman–Crippen MR) is 124 cm³/mol. The molecule has 4 rings (SSSR count). The van der Waals surface area contributed by atoms with Crippen molar-refractivity contribution in [1.82, 2.24) is 5.32 Å². The first-order chi connectivity index (χ1) is 15.0. The number of anilines is 1. The number of hydrogen-bond acceptors (Lipinski definition) is 3. The number of rotatable bonds is 7. The number of benzene rings is 3. The Balaban J connectivity index is 1.52. The minimum absolute atomic E-state index is 0.236. The van der Waals surface area contributed by atoms with Gasteiger partial charge in [0.05, 0.1) is 10.6 Å². The van der Waals surface area contributed by atoms with E-state index in [9.17, 15) is 13.2 Å². The summed E-state index contributed by atoms with van der Waals surface area (Å²) >= 11 is 0. The van der Waals surface area contributed by atoms with E-state index in [0.29, 0.717) is 17.8 Å². The van der Waals surface area contributed by atoms with Crippen molar-refractivity contribution in [2.75, 3.05) is 17.4 Å². The van der Waals surface area contributed by atoms with E-state index >= 15 is 0 Å². The van der Waals surface area contributed by atoms with Crippen LogP contribution in [0.1, 0.15) is 24.5 Å². The fourth-order valence-corrected chi connectivity index (χ4v) is 5.57. The van der Waals surface area contributed by atoms with Crippen LogP contribution in [-0.2, 0) is 27.7 Å². The second kappa shape index (κ2) is 8.94. The molecule has 0 saturated carbocycles. The number of aryl methyl sites for hydroxylation is 2. The SMILES string of the molecule is CCc1ccc2c(c1)-c1ccccc1S(=O)(=O)N2CC(=O)NCCCc1ccccc1. The molecule has 1 aliphatic heterocycles. The molecule has 0 fully saturated rings. The molecule has 0 atom stereocenters. The summed E-state index contributed by atoms with van der Waals surface area (Å²) in [5.41, 5.74) is 4.43. The zero-order valence-corrected chi connectivity index (χ0v) is 18.4. The molecule has 1 N–H and O–H groups in total. The highest BCUT2D eigenvalue weighted by atomic mass is 32.2. The van der Waals surface area contributed by atoms with Gasteiger partial charge in [0, 0.05) is 17.7 Å². The van der Waals surface area contributed by atoms with E-state index in [4.69, 9.17) is 0 Å². The van der Waals surface area contributed by atoms with E-state index in [1.54, 1.807) is 12.1 Å². The Bertz CT molecular complexity index is 1190. The first kappa shape index (κ1) is 21.1. The van der Waals surface area contributed by atoms with Crippen molar-refractivity contribution in [3.8, 4) is 11.1 Å². The molecule has 31 heavy (non-hydrogen) atoms. The van der Waals surface area contributed by atoms with Crippen LogP contribution in [0.2, 0.25) is 0 Å². The molecule has 0 bridgehead atoms. The van der Waals surface area contributed by atoms with Gasteiger partial charge in [-0.1, -0.05) is 61.5 Å². The highest BCUT2D eigenvalue weighted by Crippen LogP contribution is 2.43. The molecule has 0 spiro atoms. The molecule has 1 heterocycles. The summed E-state index contributed by atoms with van der Waals surface area (Å²) < 4.78 is 27.9. The highest BCUT2D eigenvalue weighted by Gasteiger charge is 2.35. The van der Waals surface area contributed by atoms with Gasteiger partial charge < -0.3 is 5.32 Å². The molecule has 0 aromatic heterocycles. The summed E-state index contributed by atoms with van der Waals surface area (Å²) in [7, 11) is -3.81. The number of nitrogens with zero attached hydrogens (tertiary/aromatic N) is 1. The van der Waals surface area contributed by atoms with E-state index in [-0.39, 0.29) is 17.3 Å². The van der Waals surface area contributed by atoms with Crippen molar-refractivity contribution in [2.24, 2.45) is 0 Å². The van der Waals surface area contributed by atoms with Gasteiger partial charge in [-0.15, -0.1) is 0 Å². The molecule has 1 amide bonds. The maximum absolute atomic E-state index is 13.3. The van der Waals surface area contributed by atoms with Gasteiger partial charge in [0.25, 0.3) is 10.0 Å². The number of carbonyl (C=O) groups is 1. The van der Waals surface area contributed by atoms with Gasteiger partial charge in [-0.25, -0.2) is 8.42 Å². The Morgan fingerprint density at radius 3 is 2.42 bits per heavy atom. The van der Waals surface area contributed by atoms with Gasteiger partial charge in [-0.3, -0.25) is 9.10 Å². The average Bonchev–Trinajstić information content (AvgIpc) is 2.80. The van der Waals surface area contributed by atoms with Crippen LogP contribution in [0.3, 0.4) is 0 Å². The lowest BCUT2D eigenvalue weighted by molar-refractivity contribution is -0.119. The van der Waals surface area contributed by atoms with Crippen LogP contribution in [0.25, 0.3) is 11.1 Å². The predicted octanol–water partition coefficient (Wildman–Crippen LogP) is 4.17. The number of nitrogens with one attached hydrogen (secondary N) is 1.